The second kappa shape index (κ2) is 6.01. The minimum Gasteiger partial charge on any atom is -0.477 e. The first-order valence-corrected chi connectivity index (χ1v) is 7.38. The number of nitrogens with zero attached hydrogens (tertiary/aromatic N) is 3. The Balaban J connectivity index is 1.97. The molecule has 96 valence electrons. The summed E-state index contributed by atoms with van der Waals surface area (Å²) in [4.78, 5) is 16.3. The van der Waals surface area contributed by atoms with Gasteiger partial charge in [0.15, 0.2) is 0 Å². The highest BCUT2D eigenvalue weighted by molar-refractivity contribution is 7.98. The van der Waals surface area contributed by atoms with Crippen molar-refractivity contribution in [3.8, 4) is 0 Å². The highest BCUT2D eigenvalue weighted by atomic mass is 32.2. The number of carboxylic acids is 1. The van der Waals surface area contributed by atoms with Crippen molar-refractivity contribution in [1.82, 2.24) is 14.8 Å². The normalized spacial score (nSPS) is 10.7. The van der Waals surface area contributed by atoms with Crippen LogP contribution >= 0.6 is 23.1 Å². The third-order valence-corrected chi connectivity index (χ3v) is 4.32. The third kappa shape index (κ3) is 3.11. The molecule has 2 aromatic rings. The lowest BCUT2D eigenvalue weighted by atomic mass is 10.5. The molecule has 5 nitrogen and oxygen atoms in total. The Hall–Kier alpha value is -1.34. The molecule has 0 spiro atoms. The molecule has 0 aliphatic carbocycles. The molecule has 0 amide bonds. The fraction of sp³-hybridized carbons (Fsp3) is 0.364. The van der Waals surface area contributed by atoms with E-state index < -0.39 is 5.97 Å². The number of aromatic carboxylic acids is 1. The van der Waals surface area contributed by atoms with Gasteiger partial charge < -0.3 is 5.11 Å². The summed E-state index contributed by atoms with van der Waals surface area (Å²) in [5, 5.41) is 14.8. The monoisotopic (exact) mass is 283 g/mol. The van der Waals surface area contributed by atoms with Crippen LogP contribution in [0.3, 0.4) is 0 Å². The largest absolute Gasteiger partial charge is 0.477 e. The van der Waals surface area contributed by atoms with Gasteiger partial charge in [-0.05, 0) is 12.5 Å². The third-order valence-electron chi connectivity index (χ3n) is 2.29. The molecule has 0 atom stereocenters. The molecule has 0 radical (unpaired) electrons. The molecule has 0 unspecified atom stereocenters. The van der Waals surface area contributed by atoms with E-state index in [0.717, 1.165) is 23.7 Å². The van der Waals surface area contributed by atoms with Crippen LogP contribution in [0.25, 0.3) is 0 Å². The van der Waals surface area contributed by atoms with Gasteiger partial charge in [-0.15, -0.1) is 23.1 Å². The Morgan fingerprint density at radius 3 is 3.11 bits per heavy atom. The van der Waals surface area contributed by atoms with Gasteiger partial charge in [0, 0.05) is 16.8 Å². The van der Waals surface area contributed by atoms with Gasteiger partial charge >= 0.3 is 5.97 Å². The van der Waals surface area contributed by atoms with E-state index in [9.17, 15) is 4.79 Å². The van der Waals surface area contributed by atoms with Crippen molar-refractivity contribution in [1.29, 1.82) is 0 Å². The van der Waals surface area contributed by atoms with Crippen molar-refractivity contribution in [2.24, 2.45) is 0 Å². The zero-order valence-corrected chi connectivity index (χ0v) is 11.5. The first kappa shape index (κ1) is 13.1. The summed E-state index contributed by atoms with van der Waals surface area (Å²) >= 11 is 2.83. The van der Waals surface area contributed by atoms with E-state index >= 15 is 0 Å². The maximum atomic E-state index is 10.8. The van der Waals surface area contributed by atoms with E-state index in [1.165, 1.54) is 11.3 Å². The van der Waals surface area contributed by atoms with Gasteiger partial charge in [0.05, 0.1) is 5.75 Å². The zero-order valence-electron chi connectivity index (χ0n) is 9.87. The van der Waals surface area contributed by atoms with Crippen molar-refractivity contribution < 1.29 is 9.90 Å². The van der Waals surface area contributed by atoms with Crippen molar-refractivity contribution in [2.45, 2.75) is 30.5 Å². The molecule has 2 aromatic heterocycles. The number of carbonyl (C=O) groups is 1. The Bertz CT molecular complexity index is 536. The number of hydrogen-bond donors (Lipinski definition) is 1. The van der Waals surface area contributed by atoms with Crippen LogP contribution in [-0.2, 0) is 12.3 Å². The topological polar surface area (TPSA) is 68.0 Å². The molecule has 2 heterocycles. The van der Waals surface area contributed by atoms with Gasteiger partial charge in [-0.25, -0.2) is 14.5 Å². The second-order valence-electron chi connectivity index (χ2n) is 3.64. The van der Waals surface area contributed by atoms with E-state index in [0.29, 0.717) is 10.6 Å². The van der Waals surface area contributed by atoms with E-state index in [1.807, 2.05) is 10.1 Å². The molecule has 18 heavy (non-hydrogen) atoms. The van der Waals surface area contributed by atoms with Gasteiger partial charge in [0.25, 0.3) is 0 Å². The SMILES string of the molecule is CCCn1ncnc1CSc1csc(C(=O)O)c1. The maximum absolute atomic E-state index is 10.8. The minimum atomic E-state index is -0.874. The molecular weight excluding hydrogens is 270 g/mol. The Kier molecular flexibility index (Phi) is 4.38. The predicted octanol–water partition coefficient (Wildman–Crippen LogP) is 2.74. The van der Waals surface area contributed by atoms with E-state index in [4.69, 9.17) is 5.11 Å². The summed E-state index contributed by atoms with van der Waals surface area (Å²) in [7, 11) is 0. The lowest BCUT2D eigenvalue weighted by Crippen LogP contribution is -2.03. The van der Waals surface area contributed by atoms with Gasteiger partial charge in [-0.2, -0.15) is 5.10 Å². The van der Waals surface area contributed by atoms with E-state index in [1.54, 1.807) is 24.2 Å². The van der Waals surface area contributed by atoms with Gasteiger partial charge in [-0.3, -0.25) is 0 Å². The van der Waals surface area contributed by atoms with Crippen LogP contribution in [-0.4, -0.2) is 25.8 Å². The summed E-state index contributed by atoms with van der Waals surface area (Å²) in [5.41, 5.74) is 0. The fourth-order valence-corrected chi connectivity index (χ4v) is 3.27. The number of thiophene rings is 1. The smallest absolute Gasteiger partial charge is 0.345 e. The summed E-state index contributed by atoms with van der Waals surface area (Å²) in [6, 6.07) is 1.69. The Labute approximate surface area is 113 Å². The van der Waals surface area contributed by atoms with Crippen LogP contribution in [0.15, 0.2) is 22.7 Å². The van der Waals surface area contributed by atoms with Crippen LogP contribution in [0, 0.1) is 0 Å². The highest BCUT2D eigenvalue weighted by Gasteiger charge is 2.09. The summed E-state index contributed by atoms with van der Waals surface area (Å²) in [5.74, 6) is 0.751. The van der Waals surface area contributed by atoms with E-state index in [-0.39, 0.29) is 0 Å². The molecule has 0 saturated carbocycles. The molecule has 1 N–H and O–H groups in total. The molecule has 0 aliphatic heterocycles. The van der Waals surface area contributed by atoms with Crippen molar-refractivity contribution in [2.75, 3.05) is 0 Å². The average Bonchev–Trinajstić information content (AvgIpc) is 2.95. The summed E-state index contributed by atoms with van der Waals surface area (Å²) in [6.45, 7) is 2.95. The number of hydrogen-bond acceptors (Lipinski definition) is 5. The number of thioether (sulfide) groups is 1. The Morgan fingerprint density at radius 1 is 1.61 bits per heavy atom. The standard InChI is InChI=1S/C11H13N3O2S2/c1-2-3-14-10(12-7-13-14)6-17-8-4-9(11(15)16)18-5-8/h4-5,7H,2-3,6H2,1H3,(H,15,16). The van der Waals surface area contributed by atoms with Crippen molar-refractivity contribution in [3.63, 3.8) is 0 Å². The van der Waals surface area contributed by atoms with Gasteiger partial charge in [0.2, 0.25) is 0 Å². The van der Waals surface area contributed by atoms with Crippen LogP contribution < -0.4 is 0 Å². The van der Waals surface area contributed by atoms with Crippen molar-refractivity contribution >= 4 is 29.1 Å². The lowest BCUT2D eigenvalue weighted by Gasteiger charge is -2.02. The molecule has 7 heteroatoms. The highest BCUT2D eigenvalue weighted by Crippen LogP contribution is 2.27. The molecule has 0 aliphatic rings. The number of rotatable bonds is 6. The van der Waals surface area contributed by atoms with Crippen LogP contribution in [0.1, 0.15) is 28.8 Å². The van der Waals surface area contributed by atoms with Gasteiger partial charge in [0.1, 0.15) is 17.0 Å². The first-order valence-electron chi connectivity index (χ1n) is 5.52. The molecule has 0 aromatic carbocycles. The summed E-state index contributed by atoms with van der Waals surface area (Å²) in [6.07, 6.45) is 2.57. The van der Waals surface area contributed by atoms with Crippen LogP contribution in [0.5, 0.6) is 0 Å². The second-order valence-corrected chi connectivity index (χ2v) is 5.60. The molecule has 0 fully saturated rings. The quantitative estimate of drug-likeness (QED) is 0.826. The first-order chi connectivity index (χ1) is 8.70. The number of aryl methyl sites for hydroxylation is 1. The predicted molar refractivity (Wildman–Crippen MR) is 71.2 cm³/mol. The summed E-state index contributed by atoms with van der Waals surface area (Å²) < 4.78 is 1.89. The zero-order chi connectivity index (χ0) is 13.0. The minimum absolute atomic E-state index is 0.368. The number of aromatic nitrogens is 3. The van der Waals surface area contributed by atoms with Crippen molar-refractivity contribution in [3.05, 3.63) is 28.5 Å². The maximum Gasteiger partial charge on any atom is 0.345 e. The molecule has 0 bridgehead atoms. The molecule has 2 rings (SSSR count). The fourth-order valence-electron chi connectivity index (χ4n) is 1.45. The van der Waals surface area contributed by atoms with E-state index in [2.05, 4.69) is 17.0 Å². The number of carboxylic acid groups (broad SMARTS) is 1. The van der Waals surface area contributed by atoms with Crippen LogP contribution in [0.4, 0.5) is 0 Å². The molecular formula is C11H13N3O2S2. The Morgan fingerprint density at radius 2 is 2.44 bits per heavy atom. The van der Waals surface area contributed by atoms with Crippen LogP contribution in [0.2, 0.25) is 0 Å². The lowest BCUT2D eigenvalue weighted by molar-refractivity contribution is 0.0702. The average molecular weight is 283 g/mol. The van der Waals surface area contributed by atoms with Gasteiger partial charge in [-0.1, -0.05) is 6.92 Å². The molecule has 0 saturated heterocycles.